The van der Waals surface area contributed by atoms with Crippen LogP contribution in [0, 0.1) is 0 Å². The van der Waals surface area contributed by atoms with Crippen molar-refractivity contribution in [3.63, 3.8) is 0 Å². The summed E-state index contributed by atoms with van der Waals surface area (Å²) in [5.41, 5.74) is 0. The van der Waals surface area contributed by atoms with Gasteiger partial charge < -0.3 is 5.32 Å². The van der Waals surface area contributed by atoms with Crippen molar-refractivity contribution in [2.75, 3.05) is 6.54 Å². The highest BCUT2D eigenvalue weighted by molar-refractivity contribution is 9.09. The molecule has 0 aliphatic rings. The third-order valence-corrected chi connectivity index (χ3v) is 2.16. The predicted molar refractivity (Wildman–Crippen MR) is 60.2 cm³/mol. The van der Waals surface area contributed by atoms with Crippen LogP contribution in [0.25, 0.3) is 0 Å². The highest BCUT2D eigenvalue weighted by atomic mass is 79.9. The van der Waals surface area contributed by atoms with E-state index in [2.05, 4.69) is 28.2 Å². The Bertz CT molecular complexity index is 137. The molecular formula is C10H20BrNO. The van der Waals surface area contributed by atoms with Crippen LogP contribution >= 0.6 is 15.9 Å². The van der Waals surface area contributed by atoms with Gasteiger partial charge in [0.15, 0.2) is 0 Å². The lowest BCUT2D eigenvalue weighted by Crippen LogP contribution is -2.27. The van der Waals surface area contributed by atoms with E-state index in [0.29, 0.717) is 11.2 Å². The number of hydrogen-bond donors (Lipinski definition) is 1. The van der Waals surface area contributed by atoms with Gasteiger partial charge in [-0.2, -0.15) is 0 Å². The number of nitrogens with one attached hydrogen (secondary N) is 1. The normalized spacial score (nSPS) is 12.5. The van der Waals surface area contributed by atoms with E-state index in [-0.39, 0.29) is 5.91 Å². The number of unbranched alkanes of at least 4 members (excludes halogenated alkanes) is 3. The maximum Gasteiger partial charge on any atom is 0.220 e. The molecule has 0 spiro atoms. The molecule has 1 unspecified atom stereocenters. The molecule has 0 radical (unpaired) electrons. The van der Waals surface area contributed by atoms with Crippen LogP contribution in [-0.4, -0.2) is 17.3 Å². The molecule has 0 rings (SSSR count). The standard InChI is InChI=1S/C10H20BrNO/c1-3-4-5-6-7-10(13)12-8-9(2)11/h9H,3-8H2,1-2H3,(H,12,13). The first-order valence-electron chi connectivity index (χ1n) is 5.07. The zero-order chi connectivity index (χ0) is 10.1. The monoisotopic (exact) mass is 249 g/mol. The fourth-order valence-corrected chi connectivity index (χ4v) is 1.22. The Morgan fingerprint density at radius 2 is 2.08 bits per heavy atom. The zero-order valence-corrected chi connectivity index (χ0v) is 10.2. The van der Waals surface area contributed by atoms with Crippen molar-refractivity contribution in [2.24, 2.45) is 0 Å². The maximum absolute atomic E-state index is 11.2. The van der Waals surface area contributed by atoms with Crippen LogP contribution in [0.3, 0.4) is 0 Å². The number of hydrogen-bond acceptors (Lipinski definition) is 1. The zero-order valence-electron chi connectivity index (χ0n) is 8.61. The van der Waals surface area contributed by atoms with Crippen molar-refractivity contribution in [2.45, 2.75) is 50.8 Å². The maximum atomic E-state index is 11.2. The molecule has 3 heteroatoms. The molecule has 0 saturated carbocycles. The summed E-state index contributed by atoms with van der Waals surface area (Å²) in [5, 5.41) is 2.87. The summed E-state index contributed by atoms with van der Waals surface area (Å²) in [5.74, 6) is 0.183. The lowest BCUT2D eigenvalue weighted by Gasteiger charge is -2.05. The molecule has 0 aromatic heterocycles. The van der Waals surface area contributed by atoms with Gasteiger partial charge in [0.2, 0.25) is 5.91 Å². The number of amides is 1. The number of rotatable bonds is 7. The molecule has 1 atom stereocenters. The molecule has 0 aromatic rings. The third-order valence-electron chi connectivity index (χ3n) is 1.84. The number of halogens is 1. The lowest BCUT2D eigenvalue weighted by atomic mass is 10.1. The van der Waals surface area contributed by atoms with Crippen LogP contribution in [0.2, 0.25) is 0 Å². The van der Waals surface area contributed by atoms with Crippen LogP contribution in [0.15, 0.2) is 0 Å². The highest BCUT2D eigenvalue weighted by Crippen LogP contribution is 2.02. The van der Waals surface area contributed by atoms with Crippen molar-refractivity contribution >= 4 is 21.8 Å². The molecule has 0 heterocycles. The molecule has 2 nitrogen and oxygen atoms in total. The fourth-order valence-electron chi connectivity index (χ4n) is 1.06. The van der Waals surface area contributed by atoms with Crippen molar-refractivity contribution in [1.82, 2.24) is 5.32 Å². The third kappa shape index (κ3) is 9.87. The first-order chi connectivity index (χ1) is 6.16. The molecule has 0 aliphatic carbocycles. The van der Waals surface area contributed by atoms with E-state index < -0.39 is 0 Å². The molecule has 1 N–H and O–H groups in total. The highest BCUT2D eigenvalue weighted by Gasteiger charge is 2.01. The molecule has 0 bridgehead atoms. The van der Waals surface area contributed by atoms with E-state index in [1.165, 1.54) is 19.3 Å². The van der Waals surface area contributed by atoms with Crippen molar-refractivity contribution < 1.29 is 4.79 Å². The van der Waals surface area contributed by atoms with Gasteiger partial charge in [-0.3, -0.25) is 4.79 Å². The van der Waals surface area contributed by atoms with Crippen molar-refractivity contribution in [1.29, 1.82) is 0 Å². The van der Waals surface area contributed by atoms with E-state index in [9.17, 15) is 4.79 Å². The molecule has 78 valence electrons. The van der Waals surface area contributed by atoms with Crippen molar-refractivity contribution in [3.05, 3.63) is 0 Å². The van der Waals surface area contributed by atoms with Crippen LogP contribution in [-0.2, 0) is 4.79 Å². The van der Waals surface area contributed by atoms with E-state index in [1.54, 1.807) is 0 Å². The van der Waals surface area contributed by atoms with Gasteiger partial charge in [-0.05, 0) is 6.42 Å². The Morgan fingerprint density at radius 1 is 1.38 bits per heavy atom. The van der Waals surface area contributed by atoms with E-state index >= 15 is 0 Å². The largest absolute Gasteiger partial charge is 0.355 e. The molecule has 0 saturated heterocycles. The van der Waals surface area contributed by atoms with Gasteiger partial charge in [0.25, 0.3) is 0 Å². The average Bonchev–Trinajstić information content (AvgIpc) is 2.09. The Kier molecular flexibility index (Phi) is 8.51. The van der Waals surface area contributed by atoms with Crippen LogP contribution in [0.1, 0.15) is 46.0 Å². The second-order valence-electron chi connectivity index (χ2n) is 3.40. The van der Waals surface area contributed by atoms with Gasteiger partial charge in [-0.15, -0.1) is 0 Å². The smallest absolute Gasteiger partial charge is 0.220 e. The topological polar surface area (TPSA) is 29.1 Å². The minimum absolute atomic E-state index is 0.183. The van der Waals surface area contributed by atoms with E-state index in [0.717, 1.165) is 13.0 Å². The fraction of sp³-hybridized carbons (Fsp3) is 0.900. The first-order valence-corrected chi connectivity index (χ1v) is 5.99. The predicted octanol–water partition coefficient (Wildman–Crippen LogP) is 2.86. The summed E-state index contributed by atoms with van der Waals surface area (Å²) in [4.78, 5) is 11.5. The molecule has 0 aliphatic heterocycles. The summed E-state index contributed by atoms with van der Waals surface area (Å²) in [6.07, 6.45) is 5.34. The van der Waals surface area contributed by atoms with Gasteiger partial charge in [-0.1, -0.05) is 49.0 Å². The van der Waals surface area contributed by atoms with Crippen LogP contribution < -0.4 is 5.32 Å². The molecule has 1 amide bonds. The SMILES string of the molecule is CCCCCCC(=O)NCC(C)Br. The minimum atomic E-state index is 0.183. The summed E-state index contributed by atoms with van der Waals surface area (Å²) in [6, 6.07) is 0. The Morgan fingerprint density at radius 3 is 2.62 bits per heavy atom. The van der Waals surface area contributed by atoms with Gasteiger partial charge in [-0.25, -0.2) is 0 Å². The Labute approximate surface area is 89.6 Å². The van der Waals surface area contributed by atoms with Gasteiger partial charge in [0, 0.05) is 17.8 Å². The summed E-state index contributed by atoms with van der Waals surface area (Å²) >= 11 is 3.38. The second-order valence-corrected chi connectivity index (χ2v) is 4.96. The quantitative estimate of drug-likeness (QED) is 0.546. The van der Waals surface area contributed by atoms with Crippen LogP contribution in [0.5, 0.6) is 0 Å². The molecule has 13 heavy (non-hydrogen) atoms. The number of alkyl halides is 1. The summed E-state index contributed by atoms with van der Waals surface area (Å²) in [7, 11) is 0. The summed E-state index contributed by atoms with van der Waals surface area (Å²) < 4.78 is 0. The molecule has 0 fully saturated rings. The van der Waals surface area contributed by atoms with Gasteiger partial charge in [0.1, 0.15) is 0 Å². The van der Waals surface area contributed by atoms with Crippen molar-refractivity contribution in [3.8, 4) is 0 Å². The summed E-state index contributed by atoms with van der Waals surface area (Å²) in [6.45, 7) is 4.93. The number of carbonyl (C=O) groups is 1. The Balaban J connectivity index is 3.20. The van der Waals surface area contributed by atoms with Crippen LogP contribution in [0.4, 0.5) is 0 Å². The molecule has 0 aromatic carbocycles. The Hall–Kier alpha value is -0.0500. The first kappa shape index (κ1) is 12.9. The van der Waals surface area contributed by atoms with E-state index in [4.69, 9.17) is 0 Å². The minimum Gasteiger partial charge on any atom is -0.355 e. The van der Waals surface area contributed by atoms with Gasteiger partial charge >= 0.3 is 0 Å². The van der Waals surface area contributed by atoms with Gasteiger partial charge in [0.05, 0.1) is 0 Å². The molecular weight excluding hydrogens is 230 g/mol. The lowest BCUT2D eigenvalue weighted by molar-refractivity contribution is -0.121. The average molecular weight is 250 g/mol. The number of carbonyl (C=O) groups excluding carboxylic acids is 1. The van der Waals surface area contributed by atoms with E-state index in [1.807, 2.05) is 6.92 Å². The second kappa shape index (κ2) is 8.54.